The lowest BCUT2D eigenvalue weighted by Crippen LogP contribution is -2.27. The summed E-state index contributed by atoms with van der Waals surface area (Å²) in [5.74, 6) is 0.501. The van der Waals surface area contributed by atoms with Gasteiger partial charge in [-0.3, -0.25) is 4.57 Å². The summed E-state index contributed by atoms with van der Waals surface area (Å²) in [6, 6.07) is 9.04. The average molecular weight is 336 g/mol. The second-order valence-corrected chi connectivity index (χ2v) is 6.49. The SMILES string of the molecule is CCn1c(OC)nnc1[C@@H](C)NS(=O)(=O)C=Cc1ccccc1. The Morgan fingerprint density at radius 2 is 2.00 bits per heavy atom. The van der Waals surface area contributed by atoms with E-state index in [0.717, 1.165) is 11.0 Å². The summed E-state index contributed by atoms with van der Waals surface area (Å²) in [7, 11) is -2.10. The van der Waals surface area contributed by atoms with Crippen LogP contribution in [0, 0.1) is 0 Å². The zero-order valence-corrected chi connectivity index (χ0v) is 14.1. The third-order valence-corrected chi connectivity index (χ3v) is 4.39. The van der Waals surface area contributed by atoms with Crippen LogP contribution in [0.2, 0.25) is 0 Å². The number of methoxy groups -OCH3 is 1. The molecule has 0 saturated heterocycles. The number of ether oxygens (including phenoxy) is 1. The van der Waals surface area contributed by atoms with Gasteiger partial charge in [0, 0.05) is 12.0 Å². The van der Waals surface area contributed by atoms with Crippen LogP contribution in [0.25, 0.3) is 6.08 Å². The maximum absolute atomic E-state index is 12.2. The molecule has 0 aliphatic carbocycles. The topological polar surface area (TPSA) is 86.1 Å². The van der Waals surface area contributed by atoms with Crippen LogP contribution < -0.4 is 9.46 Å². The molecule has 0 radical (unpaired) electrons. The Bertz CT molecular complexity index is 769. The van der Waals surface area contributed by atoms with Crippen molar-refractivity contribution in [1.29, 1.82) is 0 Å². The van der Waals surface area contributed by atoms with Gasteiger partial charge in [-0.25, -0.2) is 13.1 Å². The van der Waals surface area contributed by atoms with Gasteiger partial charge >= 0.3 is 6.01 Å². The Hall–Kier alpha value is -2.19. The average Bonchev–Trinajstić information content (AvgIpc) is 2.96. The Kier molecular flexibility index (Phi) is 5.51. The van der Waals surface area contributed by atoms with E-state index in [1.807, 2.05) is 37.3 Å². The summed E-state index contributed by atoms with van der Waals surface area (Å²) < 4.78 is 33.7. The Balaban J connectivity index is 2.14. The quantitative estimate of drug-likeness (QED) is 0.835. The summed E-state index contributed by atoms with van der Waals surface area (Å²) in [5.41, 5.74) is 0.809. The predicted octanol–water partition coefficient (Wildman–Crippen LogP) is 1.96. The highest BCUT2D eigenvalue weighted by atomic mass is 32.2. The normalized spacial score (nSPS) is 13.3. The van der Waals surface area contributed by atoms with Crippen LogP contribution in [0.1, 0.15) is 31.3 Å². The molecule has 124 valence electrons. The highest BCUT2D eigenvalue weighted by Crippen LogP contribution is 2.17. The molecular formula is C15H20N4O3S. The number of rotatable bonds is 7. The monoisotopic (exact) mass is 336 g/mol. The Morgan fingerprint density at radius 1 is 1.30 bits per heavy atom. The second kappa shape index (κ2) is 7.38. The third kappa shape index (κ3) is 4.40. The van der Waals surface area contributed by atoms with E-state index in [4.69, 9.17) is 4.74 Å². The first kappa shape index (κ1) is 17.2. The minimum absolute atomic E-state index is 0.355. The van der Waals surface area contributed by atoms with Gasteiger partial charge in [0.1, 0.15) is 0 Å². The molecule has 1 atom stereocenters. The fraction of sp³-hybridized carbons (Fsp3) is 0.333. The van der Waals surface area contributed by atoms with Gasteiger partial charge in [0.2, 0.25) is 10.0 Å². The lowest BCUT2D eigenvalue weighted by Gasteiger charge is -2.13. The molecule has 0 saturated carbocycles. The second-order valence-electron chi connectivity index (χ2n) is 4.89. The van der Waals surface area contributed by atoms with Gasteiger partial charge < -0.3 is 4.74 Å². The van der Waals surface area contributed by atoms with Crippen molar-refractivity contribution in [2.75, 3.05) is 7.11 Å². The first-order valence-electron chi connectivity index (χ1n) is 7.19. The number of sulfonamides is 1. The lowest BCUT2D eigenvalue weighted by atomic mass is 10.2. The minimum Gasteiger partial charge on any atom is -0.467 e. The summed E-state index contributed by atoms with van der Waals surface area (Å²) in [6.45, 7) is 4.20. The molecule has 2 aromatic rings. The number of nitrogens with zero attached hydrogens (tertiary/aromatic N) is 3. The zero-order chi connectivity index (χ0) is 16.9. The lowest BCUT2D eigenvalue weighted by molar-refractivity contribution is 0.354. The van der Waals surface area contributed by atoms with Gasteiger partial charge in [-0.1, -0.05) is 35.4 Å². The highest BCUT2D eigenvalue weighted by Gasteiger charge is 2.20. The first-order valence-corrected chi connectivity index (χ1v) is 8.74. The molecule has 0 spiro atoms. The number of benzene rings is 1. The molecule has 8 heteroatoms. The predicted molar refractivity (Wildman–Crippen MR) is 88.2 cm³/mol. The van der Waals surface area contributed by atoms with Crippen molar-refractivity contribution in [2.24, 2.45) is 0 Å². The van der Waals surface area contributed by atoms with E-state index in [9.17, 15) is 8.42 Å². The molecular weight excluding hydrogens is 316 g/mol. The maximum atomic E-state index is 12.2. The van der Waals surface area contributed by atoms with E-state index in [-0.39, 0.29) is 0 Å². The minimum atomic E-state index is -3.60. The van der Waals surface area contributed by atoms with Crippen LogP contribution >= 0.6 is 0 Å². The van der Waals surface area contributed by atoms with E-state index in [0.29, 0.717) is 18.4 Å². The van der Waals surface area contributed by atoms with E-state index in [1.165, 1.54) is 7.11 Å². The largest absolute Gasteiger partial charge is 0.467 e. The number of nitrogens with one attached hydrogen (secondary N) is 1. The summed E-state index contributed by atoms with van der Waals surface area (Å²) in [5, 5.41) is 9.03. The Morgan fingerprint density at radius 3 is 2.61 bits per heavy atom. The fourth-order valence-corrected chi connectivity index (χ4v) is 3.15. The van der Waals surface area contributed by atoms with Crippen LogP contribution in [0.5, 0.6) is 6.01 Å². The maximum Gasteiger partial charge on any atom is 0.316 e. The third-order valence-electron chi connectivity index (χ3n) is 3.21. The molecule has 7 nitrogen and oxygen atoms in total. The van der Waals surface area contributed by atoms with Crippen LogP contribution in [0.4, 0.5) is 0 Å². The highest BCUT2D eigenvalue weighted by molar-refractivity contribution is 7.92. The van der Waals surface area contributed by atoms with Crippen molar-refractivity contribution in [3.05, 3.63) is 47.1 Å². The van der Waals surface area contributed by atoms with Gasteiger partial charge in [-0.15, -0.1) is 5.10 Å². The number of hydrogen-bond acceptors (Lipinski definition) is 5. The molecule has 1 aromatic carbocycles. The van der Waals surface area contributed by atoms with Crippen molar-refractivity contribution in [3.8, 4) is 6.01 Å². The van der Waals surface area contributed by atoms with Gasteiger partial charge in [0.15, 0.2) is 5.82 Å². The van der Waals surface area contributed by atoms with Crippen molar-refractivity contribution < 1.29 is 13.2 Å². The van der Waals surface area contributed by atoms with Crippen molar-refractivity contribution in [2.45, 2.75) is 26.4 Å². The van der Waals surface area contributed by atoms with Gasteiger partial charge in [-0.2, -0.15) is 0 Å². The molecule has 0 amide bonds. The number of aromatic nitrogens is 3. The molecule has 0 unspecified atom stereocenters. The van der Waals surface area contributed by atoms with Crippen molar-refractivity contribution >= 4 is 16.1 Å². The van der Waals surface area contributed by atoms with Gasteiger partial charge in [-0.05, 0) is 25.5 Å². The van der Waals surface area contributed by atoms with Crippen LogP contribution in [0.15, 0.2) is 35.7 Å². The fourth-order valence-electron chi connectivity index (χ4n) is 2.14. The van der Waals surface area contributed by atoms with Gasteiger partial charge in [0.05, 0.1) is 13.2 Å². The van der Waals surface area contributed by atoms with Crippen molar-refractivity contribution in [3.63, 3.8) is 0 Å². The molecule has 1 heterocycles. The molecule has 0 aliphatic rings. The first-order chi connectivity index (χ1) is 11.0. The van der Waals surface area contributed by atoms with E-state index >= 15 is 0 Å². The van der Waals surface area contributed by atoms with Crippen LogP contribution in [0.3, 0.4) is 0 Å². The Labute approximate surface area is 136 Å². The molecule has 0 bridgehead atoms. The van der Waals surface area contributed by atoms with Gasteiger partial charge in [0.25, 0.3) is 0 Å². The molecule has 1 N–H and O–H groups in total. The van der Waals surface area contributed by atoms with Crippen LogP contribution in [-0.2, 0) is 16.6 Å². The number of hydrogen-bond donors (Lipinski definition) is 1. The molecule has 23 heavy (non-hydrogen) atoms. The van der Waals surface area contributed by atoms with Crippen molar-refractivity contribution in [1.82, 2.24) is 19.5 Å². The summed E-state index contributed by atoms with van der Waals surface area (Å²) in [4.78, 5) is 0. The van der Waals surface area contributed by atoms with E-state index < -0.39 is 16.1 Å². The summed E-state index contributed by atoms with van der Waals surface area (Å²) in [6.07, 6.45) is 1.54. The van der Waals surface area contributed by atoms with Crippen LogP contribution in [-0.4, -0.2) is 30.3 Å². The molecule has 1 aromatic heterocycles. The molecule has 0 aliphatic heterocycles. The molecule has 2 rings (SSSR count). The smallest absolute Gasteiger partial charge is 0.316 e. The van der Waals surface area contributed by atoms with E-state index in [2.05, 4.69) is 14.9 Å². The standard InChI is InChI=1S/C15H20N4O3S/c1-4-19-14(16-17-15(19)22-3)12(2)18-23(20,21)11-10-13-8-6-5-7-9-13/h5-12,18H,4H2,1-3H3/t12-/m1/s1. The zero-order valence-electron chi connectivity index (χ0n) is 13.3. The molecule has 0 fully saturated rings. The van der Waals surface area contributed by atoms with E-state index in [1.54, 1.807) is 17.6 Å². The summed E-state index contributed by atoms with van der Waals surface area (Å²) >= 11 is 0.